The zero-order valence-corrected chi connectivity index (χ0v) is 15.6. The summed E-state index contributed by atoms with van der Waals surface area (Å²) in [6.07, 6.45) is 0. The summed E-state index contributed by atoms with van der Waals surface area (Å²) in [4.78, 5) is 10.2. The molecule has 9 nitrogen and oxygen atoms in total. The van der Waals surface area contributed by atoms with Crippen LogP contribution in [0.5, 0.6) is 17.2 Å². The van der Waals surface area contributed by atoms with Gasteiger partial charge in [-0.15, -0.1) is 0 Å². The third-order valence-corrected chi connectivity index (χ3v) is 5.91. The van der Waals surface area contributed by atoms with Crippen LogP contribution in [0.4, 0.5) is 5.69 Å². The molecule has 0 aromatic heterocycles. The van der Waals surface area contributed by atoms with Gasteiger partial charge in [0.05, 0.1) is 18.1 Å². The maximum atomic E-state index is 12.9. The molecular weight excluding hydrogens is 376 g/mol. The third-order valence-electron chi connectivity index (χ3n) is 4.06. The van der Waals surface area contributed by atoms with E-state index in [0.717, 1.165) is 10.4 Å². The van der Waals surface area contributed by atoms with Crippen LogP contribution in [0.3, 0.4) is 0 Å². The number of nitro benzene ring substituents is 1. The van der Waals surface area contributed by atoms with E-state index in [1.54, 1.807) is 18.2 Å². The summed E-state index contributed by atoms with van der Waals surface area (Å²) >= 11 is 0. The van der Waals surface area contributed by atoms with Gasteiger partial charge in [0, 0.05) is 13.6 Å². The maximum absolute atomic E-state index is 12.9. The van der Waals surface area contributed by atoms with Crippen molar-refractivity contribution in [3.63, 3.8) is 0 Å². The lowest BCUT2D eigenvalue weighted by Gasteiger charge is -2.21. The van der Waals surface area contributed by atoms with Gasteiger partial charge in [0.15, 0.2) is 16.4 Å². The number of sulfonamides is 1. The van der Waals surface area contributed by atoms with E-state index in [1.807, 2.05) is 0 Å². The highest BCUT2D eigenvalue weighted by molar-refractivity contribution is 7.89. The molecule has 2 aromatic carbocycles. The zero-order chi connectivity index (χ0) is 19.6. The van der Waals surface area contributed by atoms with E-state index in [0.29, 0.717) is 30.3 Å². The average Bonchev–Trinajstić information content (AvgIpc) is 2.67. The molecule has 0 amide bonds. The number of fused-ring (bicyclic) bond motifs is 1. The molecule has 0 unspecified atom stereocenters. The topological polar surface area (TPSA) is 108 Å². The van der Waals surface area contributed by atoms with Crippen LogP contribution in [-0.2, 0) is 16.6 Å². The minimum atomic E-state index is -4.10. The number of nitrogens with zero attached hydrogens (tertiary/aromatic N) is 2. The Morgan fingerprint density at radius 2 is 1.85 bits per heavy atom. The molecule has 3 rings (SSSR count). The lowest BCUT2D eigenvalue weighted by atomic mass is 10.2. The highest BCUT2D eigenvalue weighted by atomic mass is 32.2. The first kappa shape index (κ1) is 18.9. The van der Waals surface area contributed by atoms with Gasteiger partial charge in [-0.3, -0.25) is 10.1 Å². The maximum Gasteiger partial charge on any atom is 0.293 e. The van der Waals surface area contributed by atoms with Crippen molar-refractivity contribution in [1.29, 1.82) is 0 Å². The monoisotopic (exact) mass is 394 g/mol. The largest absolute Gasteiger partial charge is 0.497 e. The van der Waals surface area contributed by atoms with Crippen LogP contribution in [-0.4, -0.2) is 45.0 Å². The lowest BCUT2D eigenvalue weighted by Crippen LogP contribution is -2.27. The van der Waals surface area contributed by atoms with Crippen LogP contribution in [0.15, 0.2) is 41.3 Å². The molecule has 0 saturated heterocycles. The average molecular weight is 394 g/mol. The number of methoxy groups -OCH3 is 1. The molecule has 27 heavy (non-hydrogen) atoms. The molecular formula is C17H18N2O7S. The molecule has 10 heteroatoms. The third kappa shape index (κ3) is 3.81. The van der Waals surface area contributed by atoms with Gasteiger partial charge in [0.25, 0.3) is 5.69 Å². The molecule has 1 heterocycles. The quantitative estimate of drug-likeness (QED) is 0.546. The second-order valence-corrected chi connectivity index (χ2v) is 7.84. The number of ether oxygens (including phenoxy) is 3. The van der Waals surface area contributed by atoms with Crippen LogP contribution in [0, 0.1) is 10.1 Å². The summed E-state index contributed by atoms with van der Waals surface area (Å²) in [6, 6.07) is 8.76. The van der Waals surface area contributed by atoms with E-state index in [9.17, 15) is 18.5 Å². The predicted molar refractivity (Wildman–Crippen MR) is 95.7 cm³/mol. The molecule has 0 fully saturated rings. The number of rotatable bonds is 6. The Morgan fingerprint density at radius 3 is 2.52 bits per heavy atom. The second-order valence-electron chi connectivity index (χ2n) is 5.83. The molecule has 144 valence electrons. The number of nitro groups is 1. The van der Waals surface area contributed by atoms with Crippen molar-refractivity contribution in [3.8, 4) is 17.2 Å². The molecule has 0 atom stereocenters. The Hall–Kier alpha value is -2.85. The predicted octanol–water partition coefficient (Wildman–Crippen LogP) is 2.20. The van der Waals surface area contributed by atoms with Gasteiger partial charge in [-0.2, -0.15) is 4.31 Å². The van der Waals surface area contributed by atoms with E-state index in [2.05, 4.69) is 0 Å². The van der Waals surface area contributed by atoms with Crippen molar-refractivity contribution < 1.29 is 27.6 Å². The molecule has 1 aliphatic rings. The van der Waals surface area contributed by atoms with Gasteiger partial charge < -0.3 is 14.2 Å². The first-order valence-electron chi connectivity index (χ1n) is 8.00. The fraction of sp³-hybridized carbons (Fsp3) is 0.294. The number of benzene rings is 2. The van der Waals surface area contributed by atoms with E-state index < -0.39 is 25.5 Å². The Labute approximate surface area is 156 Å². The zero-order valence-electron chi connectivity index (χ0n) is 14.7. The fourth-order valence-corrected chi connectivity index (χ4v) is 3.97. The summed E-state index contributed by atoms with van der Waals surface area (Å²) in [5.74, 6) is 1.34. The second kappa shape index (κ2) is 7.41. The summed E-state index contributed by atoms with van der Waals surface area (Å²) in [5, 5.41) is 11.3. The van der Waals surface area contributed by atoms with Crippen molar-refractivity contribution >= 4 is 15.7 Å². The van der Waals surface area contributed by atoms with Crippen molar-refractivity contribution in [2.45, 2.75) is 11.4 Å². The molecule has 2 aromatic rings. The van der Waals surface area contributed by atoms with Gasteiger partial charge in [0.2, 0.25) is 10.0 Å². The van der Waals surface area contributed by atoms with E-state index >= 15 is 0 Å². The van der Waals surface area contributed by atoms with Crippen LogP contribution in [0.25, 0.3) is 0 Å². The van der Waals surface area contributed by atoms with Gasteiger partial charge in [-0.05, 0) is 29.8 Å². The molecule has 0 N–H and O–H groups in total. The fourth-order valence-electron chi connectivity index (χ4n) is 2.68. The SMILES string of the molecule is COc1ccc(S(=O)(=O)N(C)Cc2ccc3c(c2)OCCO3)c([N+](=O)[O-])c1. The molecule has 0 radical (unpaired) electrons. The minimum absolute atomic E-state index is 0.0160. The highest BCUT2D eigenvalue weighted by Gasteiger charge is 2.30. The van der Waals surface area contributed by atoms with Gasteiger partial charge in [-0.1, -0.05) is 6.07 Å². The number of hydrogen-bond donors (Lipinski definition) is 0. The van der Waals surface area contributed by atoms with Crippen LogP contribution in [0.2, 0.25) is 0 Å². The van der Waals surface area contributed by atoms with Crippen molar-refractivity contribution in [1.82, 2.24) is 4.31 Å². The Morgan fingerprint density at radius 1 is 1.15 bits per heavy atom. The highest BCUT2D eigenvalue weighted by Crippen LogP contribution is 2.33. The van der Waals surface area contributed by atoms with Crippen molar-refractivity contribution in [2.75, 3.05) is 27.4 Å². The lowest BCUT2D eigenvalue weighted by molar-refractivity contribution is -0.387. The summed E-state index contributed by atoms with van der Waals surface area (Å²) in [6.45, 7) is 0.895. The first-order valence-corrected chi connectivity index (χ1v) is 9.44. The molecule has 0 saturated carbocycles. The minimum Gasteiger partial charge on any atom is -0.497 e. The smallest absolute Gasteiger partial charge is 0.293 e. The van der Waals surface area contributed by atoms with Crippen LogP contribution < -0.4 is 14.2 Å². The summed E-state index contributed by atoms with van der Waals surface area (Å²) in [7, 11) is -1.39. The Kier molecular flexibility index (Phi) is 5.19. The first-order chi connectivity index (χ1) is 12.8. The standard InChI is InChI=1S/C17H18N2O7S/c1-18(11-12-3-5-15-16(9-12)26-8-7-25-15)27(22,23)17-6-4-13(24-2)10-14(17)19(20)21/h3-6,9-10H,7-8,11H2,1-2H3. The molecule has 1 aliphatic heterocycles. The summed E-state index contributed by atoms with van der Waals surface area (Å²) < 4.78 is 42.7. The molecule has 0 aliphatic carbocycles. The molecule has 0 bridgehead atoms. The van der Waals surface area contributed by atoms with Crippen molar-refractivity contribution in [3.05, 3.63) is 52.1 Å². The number of hydrogen-bond acceptors (Lipinski definition) is 7. The van der Waals surface area contributed by atoms with E-state index in [-0.39, 0.29) is 12.3 Å². The van der Waals surface area contributed by atoms with Gasteiger partial charge >= 0.3 is 0 Å². The van der Waals surface area contributed by atoms with Crippen molar-refractivity contribution in [2.24, 2.45) is 0 Å². The van der Waals surface area contributed by atoms with Gasteiger partial charge in [0.1, 0.15) is 19.0 Å². The van der Waals surface area contributed by atoms with Crippen LogP contribution in [0.1, 0.15) is 5.56 Å². The Bertz CT molecular complexity index is 975. The summed E-state index contributed by atoms with van der Waals surface area (Å²) in [5.41, 5.74) is 0.130. The molecule has 0 spiro atoms. The Balaban J connectivity index is 1.90. The van der Waals surface area contributed by atoms with E-state index in [4.69, 9.17) is 14.2 Å². The van der Waals surface area contributed by atoms with E-state index in [1.165, 1.54) is 26.3 Å². The van der Waals surface area contributed by atoms with Gasteiger partial charge in [-0.25, -0.2) is 8.42 Å². The normalized spacial score (nSPS) is 13.4. The van der Waals surface area contributed by atoms with Crippen LogP contribution >= 0.6 is 0 Å².